The Labute approximate surface area is 272 Å². The molecule has 0 atom stereocenters. The summed E-state index contributed by atoms with van der Waals surface area (Å²) in [5.74, 6) is 0.677. The fraction of sp³-hybridized carbons (Fsp3) is 0.111. The van der Waals surface area contributed by atoms with Crippen LogP contribution in [0.3, 0.4) is 0 Å². The Kier molecular flexibility index (Phi) is 5.71. The summed E-state index contributed by atoms with van der Waals surface area (Å²) >= 11 is 1.89. The SMILES string of the molecule is Cc1cccc2c(-c3c4ccccc4c(-c4ccc5c(c4)sc4ccccc45)c4ccccc34)cc3cccc(C4CCC4)c3c12. The number of fused-ring (bicyclic) bond motifs is 8. The molecule has 0 aliphatic heterocycles. The summed E-state index contributed by atoms with van der Waals surface area (Å²) in [4.78, 5) is 0. The third-order valence-electron chi connectivity index (χ3n) is 10.7. The first-order valence-corrected chi connectivity index (χ1v) is 17.4. The molecule has 218 valence electrons. The predicted molar refractivity (Wildman–Crippen MR) is 202 cm³/mol. The smallest absolute Gasteiger partial charge is 0.0361 e. The summed E-state index contributed by atoms with van der Waals surface area (Å²) in [5, 5.41) is 13.5. The van der Waals surface area contributed by atoms with Crippen molar-refractivity contribution < 1.29 is 0 Å². The van der Waals surface area contributed by atoms with Crippen LogP contribution in [0.2, 0.25) is 0 Å². The Balaban J connectivity index is 1.32. The second-order valence-electron chi connectivity index (χ2n) is 13.1. The van der Waals surface area contributed by atoms with Crippen molar-refractivity contribution in [3.63, 3.8) is 0 Å². The first-order chi connectivity index (χ1) is 22.7. The topological polar surface area (TPSA) is 0 Å². The van der Waals surface area contributed by atoms with E-state index in [9.17, 15) is 0 Å². The molecule has 10 rings (SSSR count). The molecule has 1 saturated carbocycles. The molecule has 0 radical (unpaired) electrons. The summed E-state index contributed by atoms with van der Waals surface area (Å²) in [7, 11) is 0. The summed E-state index contributed by atoms with van der Waals surface area (Å²) in [6.45, 7) is 2.30. The van der Waals surface area contributed by atoms with Crippen molar-refractivity contribution in [3.05, 3.63) is 145 Å². The van der Waals surface area contributed by atoms with E-state index in [-0.39, 0.29) is 0 Å². The lowest BCUT2D eigenvalue weighted by atomic mass is 9.76. The lowest BCUT2D eigenvalue weighted by Gasteiger charge is -2.28. The minimum atomic E-state index is 0.677. The van der Waals surface area contributed by atoms with Crippen molar-refractivity contribution in [2.75, 3.05) is 0 Å². The van der Waals surface area contributed by atoms with Crippen LogP contribution < -0.4 is 0 Å². The van der Waals surface area contributed by atoms with Crippen LogP contribution in [0.5, 0.6) is 0 Å². The minimum Gasteiger partial charge on any atom is -0.135 e. The molecule has 9 aromatic rings. The average molecular weight is 605 g/mol. The van der Waals surface area contributed by atoms with Gasteiger partial charge in [0.05, 0.1) is 0 Å². The summed E-state index contributed by atoms with van der Waals surface area (Å²) in [6, 6.07) is 50.5. The van der Waals surface area contributed by atoms with Gasteiger partial charge in [0.25, 0.3) is 0 Å². The number of aryl methyl sites for hydroxylation is 1. The average Bonchev–Trinajstić information content (AvgIpc) is 3.44. The molecule has 1 aliphatic carbocycles. The zero-order valence-electron chi connectivity index (χ0n) is 25.8. The first kappa shape index (κ1) is 26.3. The van der Waals surface area contributed by atoms with Gasteiger partial charge in [0.1, 0.15) is 0 Å². The number of benzene rings is 8. The maximum absolute atomic E-state index is 2.50. The van der Waals surface area contributed by atoms with Gasteiger partial charge in [-0.25, -0.2) is 0 Å². The van der Waals surface area contributed by atoms with Gasteiger partial charge in [0.2, 0.25) is 0 Å². The number of hydrogen-bond acceptors (Lipinski definition) is 1. The fourth-order valence-corrected chi connectivity index (χ4v) is 9.48. The maximum Gasteiger partial charge on any atom is 0.0361 e. The van der Waals surface area contributed by atoms with Crippen molar-refractivity contribution in [2.24, 2.45) is 0 Å². The van der Waals surface area contributed by atoms with E-state index in [1.165, 1.54) is 116 Å². The summed E-state index contributed by atoms with van der Waals surface area (Å²) in [5.41, 5.74) is 8.17. The Hall–Kier alpha value is -4.98. The van der Waals surface area contributed by atoms with Crippen LogP contribution in [0.15, 0.2) is 133 Å². The van der Waals surface area contributed by atoms with E-state index in [1.807, 2.05) is 11.3 Å². The fourth-order valence-electron chi connectivity index (χ4n) is 8.33. The molecule has 8 aromatic carbocycles. The van der Waals surface area contributed by atoms with Gasteiger partial charge >= 0.3 is 0 Å². The molecule has 0 amide bonds. The second-order valence-corrected chi connectivity index (χ2v) is 14.2. The zero-order valence-corrected chi connectivity index (χ0v) is 26.6. The second kappa shape index (κ2) is 10.0. The van der Waals surface area contributed by atoms with Crippen LogP contribution in [0, 0.1) is 6.92 Å². The highest BCUT2D eigenvalue weighted by atomic mass is 32.1. The Morgan fingerprint density at radius 2 is 1.13 bits per heavy atom. The molecule has 0 saturated heterocycles. The van der Waals surface area contributed by atoms with Crippen LogP contribution in [0.1, 0.15) is 36.3 Å². The van der Waals surface area contributed by atoms with Gasteiger partial charge in [-0.05, 0) is 120 Å². The first-order valence-electron chi connectivity index (χ1n) is 16.5. The molecule has 0 N–H and O–H groups in total. The number of thiophene rings is 1. The summed E-state index contributed by atoms with van der Waals surface area (Å²) < 4.78 is 2.69. The van der Waals surface area contributed by atoms with Crippen molar-refractivity contribution in [2.45, 2.75) is 32.1 Å². The monoisotopic (exact) mass is 604 g/mol. The lowest BCUT2D eigenvalue weighted by molar-refractivity contribution is 0.422. The third-order valence-corrected chi connectivity index (χ3v) is 11.8. The normalized spacial score (nSPS) is 13.8. The van der Waals surface area contributed by atoms with Crippen LogP contribution in [0.25, 0.3) is 85.5 Å². The lowest BCUT2D eigenvalue weighted by Crippen LogP contribution is -2.09. The largest absolute Gasteiger partial charge is 0.135 e. The molecule has 46 heavy (non-hydrogen) atoms. The Morgan fingerprint density at radius 3 is 1.85 bits per heavy atom. The van der Waals surface area contributed by atoms with Gasteiger partial charge in [-0.2, -0.15) is 0 Å². The zero-order chi connectivity index (χ0) is 30.4. The molecular formula is C45H32S. The van der Waals surface area contributed by atoms with E-state index in [4.69, 9.17) is 0 Å². The predicted octanol–water partition coefficient (Wildman–Crippen LogP) is 13.6. The van der Waals surface area contributed by atoms with E-state index in [1.54, 1.807) is 0 Å². The van der Waals surface area contributed by atoms with Gasteiger partial charge in [0.15, 0.2) is 0 Å². The van der Waals surface area contributed by atoms with E-state index in [0.29, 0.717) is 5.92 Å². The van der Waals surface area contributed by atoms with E-state index in [2.05, 4.69) is 140 Å². The molecule has 0 bridgehead atoms. The van der Waals surface area contributed by atoms with E-state index < -0.39 is 0 Å². The molecule has 0 nitrogen and oxygen atoms in total. The van der Waals surface area contributed by atoms with Crippen LogP contribution >= 0.6 is 11.3 Å². The van der Waals surface area contributed by atoms with Crippen LogP contribution in [0.4, 0.5) is 0 Å². The van der Waals surface area contributed by atoms with Gasteiger partial charge in [-0.3, -0.25) is 0 Å². The molecule has 1 aromatic heterocycles. The third kappa shape index (κ3) is 3.73. The van der Waals surface area contributed by atoms with Crippen molar-refractivity contribution in [1.82, 2.24) is 0 Å². The van der Waals surface area contributed by atoms with Gasteiger partial charge in [0, 0.05) is 20.2 Å². The molecule has 0 spiro atoms. The van der Waals surface area contributed by atoms with Crippen LogP contribution in [-0.4, -0.2) is 0 Å². The van der Waals surface area contributed by atoms with E-state index in [0.717, 1.165) is 0 Å². The molecular weight excluding hydrogens is 573 g/mol. The molecule has 1 aliphatic rings. The highest BCUT2D eigenvalue weighted by Gasteiger charge is 2.25. The standard InChI is InChI=1S/C45H32S/c1-27-11-8-21-38-39(25-29-14-10-20-31(28-12-9-13-28)44(29)42(27)38)45-36-18-4-2-16-34(36)43(35-17-3-5-19-37(35)45)30-23-24-33-32-15-6-7-22-40(32)46-41(33)26-30/h2-8,10-11,14-26,28H,9,12-13H2,1H3. The highest BCUT2D eigenvalue weighted by Crippen LogP contribution is 2.49. The molecule has 1 heteroatoms. The summed E-state index contributed by atoms with van der Waals surface area (Å²) in [6.07, 6.45) is 3.95. The van der Waals surface area contributed by atoms with Gasteiger partial charge in [-0.15, -0.1) is 11.3 Å². The van der Waals surface area contributed by atoms with Crippen molar-refractivity contribution in [1.29, 1.82) is 0 Å². The van der Waals surface area contributed by atoms with E-state index >= 15 is 0 Å². The number of hydrogen-bond donors (Lipinski definition) is 0. The van der Waals surface area contributed by atoms with Crippen molar-refractivity contribution >= 4 is 74.6 Å². The van der Waals surface area contributed by atoms with Crippen molar-refractivity contribution in [3.8, 4) is 22.3 Å². The molecule has 1 fully saturated rings. The maximum atomic E-state index is 2.50. The molecule has 1 heterocycles. The Bertz CT molecular complexity index is 2630. The highest BCUT2D eigenvalue weighted by molar-refractivity contribution is 7.25. The van der Waals surface area contributed by atoms with Gasteiger partial charge < -0.3 is 0 Å². The quantitative estimate of drug-likeness (QED) is 0.139. The minimum absolute atomic E-state index is 0.677. The number of rotatable bonds is 3. The van der Waals surface area contributed by atoms with Crippen LogP contribution in [-0.2, 0) is 0 Å². The Morgan fingerprint density at radius 1 is 0.500 bits per heavy atom. The van der Waals surface area contributed by atoms with Gasteiger partial charge in [-0.1, -0.05) is 122 Å². The molecule has 0 unspecified atom stereocenters.